The molecule has 0 aliphatic carbocycles. The maximum Gasteiger partial charge on any atom is 0.242 e. The summed E-state index contributed by atoms with van der Waals surface area (Å²) in [6.45, 7) is 0. The van der Waals surface area contributed by atoms with Crippen LogP contribution in [-0.2, 0) is 14.8 Å². The van der Waals surface area contributed by atoms with Gasteiger partial charge in [0.25, 0.3) is 0 Å². The van der Waals surface area contributed by atoms with E-state index >= 15 is 0 Å². The van der Waals surface area contributed by atoms with E-state index < -0.39 is 16.1 Å². The standard InChI is InChI=1S/C21H22N2O3S2/c1-27-14-13-20(23-28(25,26)19-9-3-2-4-10-19)21(24)22-18-12-11-16-7-5-6-8-17(16)15-18/h2-12,15,20,23H,13-14H2,1H3,(H,22,24)/t20-/m0/s1. The van der Waals surface area contributed by atoms with Gasteiger partial charge in [0.1, 0.15) is 6.04 Å². The molecule has 0 saturated heterocycles. The van der Waals surface area contributed by atoms with E-state index in [2.05, 4.69) is 10.0 Å². The zero-order valence-electron chi connectivity index (χ0n) is 15.5. The Morgan fingerprint density at radius 2 is 1.64 bits per heavy atom. The van der Waals surface area contributed by atoms with E-state index in [0.29, 0.717) is 17.9 Å². The van der Waals surface area contributed by atoms with Gasteiger partial charge < -0.3 is 5.32 Å². The van der Waals surface area contributed by atoms with Crippen LogP contribution in [0.2, 0.25) is 0 Å². The third-order valence-corrected chi connectivity index (χ3v) is 6.43. The maximum atomic E-state index is 12.8. The quantitative estimate of drug-likeness (QED) is 0.587. The molecule has 146 valence electrons. The average Bonchev–Trinajstić information content (AvgIpc) is 2.71. The van der Waals surface area contributed by atoms with Crippen LogP contribution in [0.3, 0.4) is 0 Å². The predicted molar refractivity (Wildman–Crippen MR) is 116 cm³/mol. The summed E-state index contributed by atoms with van der Waals surface area (Å²) in [5, 5.41) is 4.92. The summed E-state index contributed by atoms with van der Waals surface area (Å²) in [7, 11) is -3.78. The second kappa shape index (κ2) is 9.23. The number of carbonyl (C=O) groups is 1. The van der Waals surface area contributed by atoms with Gasteiger partial charge in [0.05, 0.1) is 4.90 Å². The van der Waals surface area contributed by atoms with Gasteiger partial charge in [-0.15, -0.1) is 0 Å². The van der Waals surface area contributed by atoms with Gasteiger partial charge >= 0.3 is 0 Å². The lowest BCUT2D eigenvalue weighted by Gasteiger charge is -2.18. The topological polar surface area (TPSA) is 75.3 Å². The lowest BCUT2D eigenvalue weighted by Crippen LogP contribution is -2.44. The lowest BCUT2D eigenvalue weighted by atomic mass is 10.1. The number of hydrogen-bond donors (Lipinski definition) is 2. The number of rotatable bonds is 8. The number of sulfonamides is 1. The van der Waals surface area contributed by atoms with E-state index in [1.54, 1.807) is 30.0 Å². The van der Waals surface area contributed by atoms with Crippen LogP contribution in [0.5, 0.6) is 0 Å². The van der Waals surface area contributed by atoms with Gasteiger partial charge in [0.2, 0.25) is 15.9 Å². The Kier molecular flexibility index (Phi) is 6.72. The Morgan fingerprint density at radius 1 is 0.964 bits per heavy atom. The third kappa shape index (κ3) is 5.13. The fraction of sp³-hybridized carbons (Fsp3) is 0.190. The summed E-state index contributed by atoms with van der Waals surface area (Å²) in [4.78, 5) is 13.0. The van der Waals surface area contributed by atoms with Crippen molar-refractivity contribution in [3.8, 4) is 0 Å². The summed E-state index contributed by atoms with van der Waals surface area (Å²) in [6.07, 6.45) is 2.32. The van der Waals surface area contributed by atoms with Gasteiger partial charge in [0, 0.05) is 5.69 Å². The summed E-state index contributed by atoms with van der Waals surface area (Å²) >= 11 is 1.56. The lowest BCUT2D eigenvalue weighted by molar-refractivity contribution is -0.117. The van der Waals surface area contributed by atoms with Crippen molar-refractivity contribution in [1.82, 2.24) is 4.72 Å². The normalized spacial score (nSPS) is 12.6. The van der Waals surface area contributed by atoms with Crippen LogP contribution in [-0.4, -0.2) is 32.4 Å². The van der Waals surface area contributed by atoms with E-state index in [-0.39, 0.29) is 10.8 Å². The Hall–Kier alpha value is -2.35. The molecule has 1 amide bonds. The van der Waals surface area contributed by atoms with Gasteiger partial charge in [-0.05, 0) is 53.5 Å². The zero-order chi connectivity index (χ0) is 20.0. The molecule has 0 spiro atoms. The number of benzene rings is 3. The van der Waals surface area contributed by atoms with Gasteiger partial charge in [-0.2, -0.15) is 16.5 Å². The molecule has 3 aromatic rings. The van der Waals surface area contributed by atoms with E-state index in [1.807, 2.05) is 48.7 Å². The molecule has 7 heteroatoms. The summed E-state index contributed by atoms with van der Waals surface area (Å²) in [6, 6.07) is 20.7. The highest BCUT2D eigenvalue weighted by Crippen LogP contribution is 2.19. The van der Waals surface area contributed by atoms with Crippen LogP contribution in [0.25, 0.3) is 10.8 Å². The monoisotopic (exact) mass is 414 g/mol. The summed E-state index contributed by atoms with van der Waals surface area (Å²) < 4.78 is 27.8. The highest BCUT2D eigenvalue weighted by molar-refractivity contribution is 7.98. The molecule has 0 radical (unpaired) electrons. The molecule has 5 nitrogen and oxygen atoms in total. The molecular formula is C21H22N2O3S2. The van der Waals surface area contributed by atoms with Crippen molar-refractivity contribution >= 4 is 44.2 Å². The van der Waals surface area contributed by atoms with Gasteiger partial charge in [-0.1, -0.05) is 48.5 Å². The largest absolute Gasteiger partial charge is 0.325 e. The predicted octanol–water partition coefficient (Wildman–Crippen LogP) is 3.88. The molecule has 0 unspecified atom stereocenters. The number of nitrogens with one attached hydrogen (secondary N) is 2. The first-order chi connectivity index (χ1) is 13.5. The second-order valence-electron chi connectivity index (χ2n) is 6.32. The molecule has 0 aliphatic rings. The molecule has 3 rings (SSSR count). The van der Waals surface area contributed by atoms with Crippen LogP contribution < -0.4 is 10.0 Å². The van der Waals surface area contributed by atoms with Gasteiger partial charge in [-0.25, -0.2) is 8.42 Å². The van der Waals surface area contributed by atoms with Crippen molar-refractivity contribution in [2.24, 2.45) is 0 Å². The van der Waals surface area contributed by atoms with Crippen molar-refractivity contribution < 1.29 is 13.2 Å². The number of anilines is 1. The first-order valence-corrected chi connectivity index (χ1v) is 11.7. The molecule has 0 saturated carbocycles. The van der Waals surface area contributed by atoms with Crippen LogP contribution in [0, 0.1) is 0 Å². The minimum absolute atomic E-state index is 0.141. The number of thioether (sulfide) groups is 1. The minimum atomic E-state index is -3.78. The smallest absolute Gasteiger partial charge is 0.242 e. The molecule has 0 fully saturated rings. The molecule has 0 bridgehead atoms. The molecule has 28 heavy (non-hydrogen) atoms. The van der Waals surface area contributed by atoms with Crippen molar-refractivity contribution in [3.63, 3.8) is 0 Å². The zero-order valence-corrected chi connectivity index (χ0v) is 17.1. The molecule has 1 atom stereocenters. The molecule has 0 heterocycles. The number of hydrogen-bond acceptors (Lipinski definition) is 4. The third-order valence-electron chi connectivity index (χ3n) is 4.30. The molecule has 3 aromatic carbocycles. The van der Waals surface area contributed by atoms with Crippen molar-refractivity contribution in [2.75, 3.05) is 17.3 Å². The summed E-state index contributed by atoms with van der Waals surface area (Å²) in [5.41, 5.74) is 0.636. The average molecular weight is 415 g/mol. The van der Waals surface area contributed by atoms with Crippen LogP contribution in [0.4, 0.5) is 5.69 Å². The van der Waals surface area contributed by atoms with Crippen molar-refractivity contribution in [3.05, 3.63) is 72.8 Å². The highest BCUT2D eigenvalue weighted by Gasteiger charge is 2.25. The fourth-order valence-electron chi connectivity index (χ4n) is 2.83. The Labute approximate surface area is 169 Å². The van der Waals surface area contributed by atoms with Crippen molar-refractivity contribution in [1.29, 1.82) is 0 Å². The number of carbonyl (C=O) groups excluding carboxylic acids is 1. The molecule has 0 aromatic heterocycles. The van der Waals surface area contributed by atoms with Crippen LogP contribution in [0.1, 0.15) is 6.42 Å². The Morgan fingerprint density at radius 3 is 2.36 bits per heavy atom. The van der Waals surface area contributed by atoms with E-state index in [0.717, 1.165) is 10.8 Å². The fourth-order valence-corrected chi connectivity index (χ4v) is 4.55. The molecule has 0 aliphatic heterocycles. The number of amides is 1. The van der Waals surface area contributed by atoms with E-state index in [4.69, 9.17) is 0 Å². The molecule has 2 N–H and O–H groups in total. The Bertz CT molecular complexity index is 1050. The first kappa shape index (κ1) is 20.4. The second-order valence-corrected chi connectivity index (χ2v) is 9.02. The first-order valence-electron chi connectivity index (χ1n) is 8.85. The van der Waals surface area contributed by atoms with Crippen LogP contribution >= 0.6 is 11.8 Å². The summed E-state index contributed by atoms with van der Waals surface area (Å²) in [5.74, 6) is 0.288. The maximum absolute atomic E-state index is 12.8. The SMILES string of the molecule is CSCC[C@H](NS(=O)(=O)c1ccccc1)C(=O)Nc1ccc2ccccc2c1. The molecular weight excluding hydrogens is 392 g/mol. The minimum Gasteiger partial charge on any atom is -0.325 e. The van der Waals surface area contributed by atoms with Crippen LogP contribution in [0.15, 0.2) is 77.7 Å². The van der Waals surface area contributed by atoms with Gasteiger partial charge in [0.15, 0.2) is 0 Å². The van der Waals surface area contributed by atoms with E-state index in [1.165, 1.54) is 12.1 Å². The Balaban J connectivity index is 1.79. The number of fused-ring (bicyclic) bond motifs is 1. The van der Waals surface area contributed by atoms with E-state index in [9.17, 15) is 13.2 Å². The van der Waals surface area contributed by atoms with Gasteiger partial charge in [-0.3, -0.25) is 4.79 Å². The van der Waals surface area contributed by atoms with Crippen molar-refractivity contribution in [2.45, 2.75) is 17.4 Å². The highest BCUT2D eigenvalue weighted by atomic mass is 32.2.